The van der Waals surface area contributed by atoms with E-state index in [1.54, 1.807) is 0 Å². The molecule has 0 aliphatic rings. The number of non-ortho nitro benzene ring substituents is 1. The maximum atomic E-state index is 10.8. The molecule has 0 aliphatic carbocycles. The summed E-state index contributed by atoms with van der Waals surface area (Å²) in [6.07, 6.45) is 0.998. The zero-order chi connectivity index (χ0) is 13.5. The Kier molecular flexibility index (Phi) is 5.10. The largest absolute Gasteiger partial charge is 0.493 e. The lowest BCUT2D eigenvalue weighted by Crippen LogP contribution is -2.02. The number of rotatable bonds is 7. The van der Waals surface area contributed by atoms with E-state index >= 15 is 0 Å². The predicted molar refractivity (Wildman–Crippen MR) is 65.1 cm³/mol. The lowest BCUT2D eigenvalue weighted by Gasteiger charge is -2.09. The number of benzene rings is 1. The van der Waals surface area contributed by atoms with E-state index in [4.69, 9.17) is 9.47 Å². The van der Waals surface area contributed by atoms with Crippen LogP contribution in [0, 0.1) is 10.1 Å². The second-order valence-electron chi connectivity index (χ2n) is 3.75. The van der Waals surface area contributed by atoms with Crippen molar-refractivity contribution in [3.8, 4) is 11.5 Å². The average Bonchev–Trinajstić information content (AvgIpc) is 2.34. The molecule has 0 aromatic heterocycles. The summed E-state index contributed by atoms with van der Waals surface area (Å²) in [5.41, 5.74) is -0.0580. The number of nitrogens with zero attached hydrogens (tertiary/aromatic N) is 1. The molecule has 6 nitrogen and oxygen atoms in total. The monoisotopic (exact) mass is 253 g/mol. The maximum Gasteiger partial charge on any atom is 0.273 e. The van der Waals surface area contributed by atoms with Gasteiger partial charge in [-0.25, -0.2) is 0 Å². The van der Waals surface area contributed by atoms with E-state index in [-0.39, 0.29) is 11.5 Å². The molecule has 0 unspecified atom stereocenters. The van der Waals surface area contributed by atoms with Gasteiger partial charge in [-0.3, -0.25) is 10.1 Å². The molecular weight excluding hydrogens is 238 g/mol. The van der Waals surface area contributed by atoms with Crippen LogP contribution in [0.15, 0.2) is 18.2 Å². The number of ether oxygens (including phenoxy) is 2. The van der Waals surface area contributed by atoms with E-state index in [0.29, 0.717) is 30.9 Å². The second-order valence-corrected chi connectivity index (χ2v) is 3.75. The van der Waals surface area contributed by atoms with Crippen molar-refractivity contribution in [1.29, 1.82) is 0 Å². The molecule has 18 heavy (non-hydrogen) atoms. The van der Waals surface area contributed by atoms with E-state index in [0.717, 1.165) is 0 Å². The van der Waals surface area contributed by atoms with Crippen molar-refractivity contribution in [3.63, 3.8) is 0 Å². The normalized spacial score (nSPS) is 9.89. The van der Waals surface area contributed by atoms with Crippen molar-refractivity contribution in [3.05, 3.63) is 28.3 Å². The highest BCUT2D eigenvalue weighted by atomic mass is 16.6. The van der Waals surface area contributed by atoms with E-state index in [1.807, 2.05) is 0 Å². The van der Waals surface area contributed by atoms with Crippen molar-refractivity contribution in [2.75, 3.05) is 13.7 Å². The van der Waals surface area contributed by atoms with Crippen LogP contribution in [-0.2, 0) is 4.79 Å². The van der Waals surface area contributed by atoms with E-state index in [2.05, 4.69) is 0 Å². The van der Waals surface area contributed by atoms with E-state index < -0.39 is 4.92 Å². The molecular formula is C12H15NO5. The molecule has 0 spiro atoms. The second kappa shape index (κ2) is 6.58. The lowest BCUT2D eigenvalue weighted by atomic mass is 10.2. The number of hydrogen-bond acceptors (Lipinski definition) is 5. The Balaban J connectivity index is 2.69. The SMILES string of the molecule is COc1ccc([N+](=O)[O-])cc1OCCCC(C)=O. The summed E-state index contributed by atoms with van der Waals surface area (Å²) in [6, 6.07) is 4.15. The molecule has 98 valence electrons. The number of carbonyl (C=O) groups is 1. The summed E-state index contributed by atoms with van der Waals surface area (Å²) in [4.78, 5) is 20.9. The summed E-state index contributed by atoms with van der Waals surface area (Å²) < 4.78 is 10.4. The van der Waals surface area contributed by atoms with Crippen LogP contribution in [-0.4, -0.2) is 24.4 Å². The zero-order valence-corrected chi connectivity index (χ0v) is 10.3. The number of methoxy groups -OCH3 is 1. The van der Waals surface area contributed by atoms with Gasteiger partial charge >= 0.3 is 0 Å². The fourth-order valence-electron chi connectivity index (χ4n) is 1.39. The highest BCUT2D eigenvalue weighted by Gasteiger charge is 2.12. The Labute approximate surface area is 105 Å². The van der Waals surface area contributed by atoms with Crippen LogP contribution < -0.4 is 9.47 Å². The molecule has 0 saturated carbocycles. The van der Waals surface area contributed by atoms with Gasteiger partial charge in [-0.15, -0.1) is 0 Å². The third kappa shape index (κ3) is 4.04. The first-order valence-corrected chi connectivity index (χ1v) is 5.49. The molecule has 6 heteroatoms. The molecule has 0 amide bonds. The number of carbonyl (C=O) groups excluding carboxylic acids is 1. The quantitative estimate of drug-likeness (QED) is 0.423. The summed E-state index contributed by atoms with van der Waals surface area (Å²) in [6.45, 7) is 1.82. The smallest absolute Gasteiger partial charge is 0.273 e. The fourth-order valence-corrected chi connectivity index (χ4v) is 1.39. The Morgan fingerprint density at radius 2 is 2.11 bits per heavy atom. The van der Waals surface area contributed by atoms with Gasteiger partial charge in [0.05, 0.1) is 24.7 Å². The summed E-state index contributed by atoms with van der Waals surface area (Å²) in [5.74, 6) is 0.836. The number of Topliss-reactive ketones (excluding diaryl/α,β-unsaturated/α-hetero) is 1. The topological polar surface area (TPSA) is 78.7 Å². The van der Waals surface area contributed by atoms with Crippen LogP contribution in [0.1, 0.15) is 19.8 Å². The Bertz CT molecular complexity index is 444. The number of hydrogen-bond donors (Lipinski definition) is 0. The maximum absolute atomic E-state index is 10.8. The fraction of sp³-hybridized carbons (Fsp3) is 0.417. The lowest BCUT2D eigenvalue weighted by molar-refractivity contribution is -0.385. The van der Waals surface area contributed by atoms with Crippen LogP contribution in [0.4, 0.5) is 5.69 Å². The molecule has 1 aromatic carbocycles. The van der Waals surface area contributed by atoms with Crippen molar-refractivity contribution in [1.82, 2.24) is 0 Å². The Hall–Kier alpha value is -2.11. The van der Waals surface area contributed by atoms with Gasteiger partial charge in [0.1, 0.15) is 5.78 Å². The minimum atomic E-state index is -0.498. The molecule has 0 N–H and O–H groups in total. The number of nitro benzene ring substituents is 1. The van der Waals surface area contributed by atoms with Crippen LogP contribution in [0.2, 0.25) is 0 Å². The Morgan fingerprint density at radius 1 is 1.39 bits per heavy atom. The molecule has 0 bridgehead atoms. The highest BCUT2D eigenvalue weighted by Crippen LogP contribution is 2.31. The van der Waals surface area contributed by atoms with Crippen LogP contribution >= 0.6 is 0 Å². The van der Waals surface area contributed by atoms with Gasteiger partial charge in [0, 0.05) is 12.5 Å². The van der Waals surface area contributed by atoms with Crippen molar-refractivity contribution in [2.24, 2.45) is 0 Å². The molecule has 1 rings (SSSR count). The van der Waals surface area contributed by atoms with E-state index in [9.17, 15) is 14.9 Å². The molecule has 1 aromatic rings. The third-order valence-electron chi connectivity index (χ3n) is 2.29. The van der Waals surface area contributed by atoms with Gasteiger partial charge in [-0.05, 0) is 19.4 Å². The van der Waals surface area contributed by atoms with Crippen LogP contribution in [0.25, 0.3) is 0 Å². The van der Waals surface area contributed by atoms with Gasteiger partial charge in [0.15, 0.2) is 11.5 Å². The van der Waals surface area contributed by atoms with Gasteiger partial charge in [-0.1, -0.05) is 0 Å². The van der Waals surface area contributed by atoms with E-state index in [1.165, 1.54) is 32.2 Å². The molecule has 0 aliphatic heterocycles. The average molecular weight is 253 g/mol. The first kappa shape index (κ1) is 14.0. The number of nitro groups is 1. The van der Waals surface area contributed by atoms with Gasteiger partial charge < -0.3 is 14.3 Å². The Morgan fingerprint density at radius 3 is 2.67 bits per heavy atom. The van der Waals surface area contributed by atoms with Crippen LogP contribution in [0.3, 0.4) is 0 Å². The molecule has 0 radical (unpaired) electrons. The van der Waals surface area contributed by atoms with Gasteiger partial charge in [0.25, 0.3) is 5.69 Å². The first-order valence-electron chi connectivity index (χ1n) is 5.49. The predicted octanol–water partition coefficient (Wildman–Crippen LogP) is 2.35. The standard InChI is InChI=1S/C12H15NO5/c1-9(14)4-3-7-18-12-8-10(13(15)16)5-6-11(12)17-2/h5-6,8H,3-4,7H2,1-2H3. The minimum absolute atomic E-state index is 0.0580. The summed E-state index contributed by atoms with van der Waals surface area (Å²) in [5, 5.41) is 10.6. The highest BCUT2D eigenvalue weighted by molar-refractivity contribution is 5.75. The van der Waals surface area contributed by atoms with Crippen molar-refractivity contribution < 1.29 is 19.2 Å². The van der Waals surface area contributed by atoms with Gasteiger partial charge in [-0.2, -0.15) is 0 Å². The molecule has 0 atom stereocenters. The third-order valence-corrected chi connectivity index (χ3v) is 2.29. The molecule has 0 saturated heterocycles. The van der Waals surface area contributed by atoms with Crippen LogP contribution in [0.5, 0.6) is 11.5 Å². The van der Waals surface area contributed by atoms with Crippen molar-refractivity contribution in [2.45, 2.75) is 19.8 Å². The zero-order valence-electron chi connectivity index (χ0n) is 10.3. The van der Waals surface area contributed by atoms with Gasteiger partial charge in [0.2, 0.25) is 0 Å². The summed E-state index contributed by atoms with van der Waals surface area (Å²) in [7, 11) is 1.46. The van der Waals surface area contributed by atoms with Crippen molar-refractivity contribution >= 4 is 11.5 Å². The summed E-state index contributed by atoms with van der Waals surface area (Å²) >= 11 is 0. The minimum Gasteiger partial charge on any atom is -0.493 e. The molecule has 0 fully saturated rings. The first-order chi connectivity index (χ1) is 8.54. The molecule has 0 heterocycles. The number of ketones is 1.